The lowest BCUT2D eigenvalue weighted by Gasteiger charge is -2.11. The molecule has 0 saturated carbocycles. The highest BCUT2D eigenvalue weighted by Crippen LogP contribution is 2.12. The summed E-state index contributed by atoms with van der Waals surface area (Å²) in [5.74, 6) is -0.117. The molecular weight excluding hydrogens is 254 g/mol. The Morgan fingerprint density at radius 2 is 2.15 bits per heavy atom. The number of hydrogen-bond donors (Lipinski definition) is 1. The molecule has 1 amide bonds. The Balaban J connectivity index is 1.98. The van der Waals surface area contributed by atoms with Gasteiger partial charge in [0.05, 0.1) is 11.8 Å². The standard InChI is InChI=1S/C15H19N3O2/c1-12(2)20-11-15(19)16-10-13-6-3-4-7-14(13)18-9-5-8-17-18/h3-9,12H,10-11H2,1-2H3,(H,16,19). The van der Waals surface area contributed by atoms with E-state index in [4.69, 9.17) is 4.74 Å². The van der Waals surface area contributed by atoms with E-state index >= 15 is 0 Å². The number of carbonyl (C=O) groups excluding carboxylic acids is 1. The molecule has 1 heterocycles. The molecule has 0 aliphatic heterocycles. The number of nitrogens with one attached hydrogen (secondary N) is 1. The summed E-state index contributed by atoms with van der Waals surface area (Å²) in [6, 6.07) is 9.70. The molecule has 5 heteroatoms. The molecule has 0 unspecified atom stereocenters. The summed E-state index contributed by atoms with van der Waals surface area (Å²) in [7, 11) is 0. The Hall–Kier alpha value is -2.14. The van der Waals surface area contributed by atoms with Crippen LogP contribution in [0.25, 0.3) is 5.69 Å². The lowest BCUT2D eigenvalue weighted by molar-refractivity contribution is -0.127. The van der Waals surface area contributed by atoms with Gasteiger partial charge in [-0.25, -0.2) is 4.68 Å². The summed E-state index contributed by atoms with van der Waals surface area (Å²) >= 11 is 0. The van der Waals surface area contributed by atoms with Gasteiger partial charge < -0.3 is 10.1 Å². The summed E-state index contributed by atoms with van der Waals surface area (Å²) in [5.41, 5.74) is 1.97. The van der Waals surface area contributed by atoms with Crippen LogP contribution in [0.5, 0.6) is 0 Å². The van der Waals surface area contributed by atoms with E-state index in [-0.39, 0.29) is 18.6 Å². The van der Waals surface area contributed by atoms with E-state index in [1.54, 1.807) is 10.9 Å². The maximum atomic E-state index is 11.7. The lowest BCUT2D eigenvalue weighted by atomic mass is 10.2. The summed E-state index contributed by atoms with van der Waals surface area (Å²) in [6.45, 7) is 4.35. The number of ether oxygens (including phenoxy) is 1. The first-order valence-corrected chi connectivity index (χ1v) is 6.63. The average Bonchev–Trinajstić information content (AvgIpc) is 2.97. The van der Waals surface area contributed by atoms with Crippen molar-refractivity contribution in [3.63, 3.8) is 0 Å². The zero-order valence-electron chi connectivity index (χ0n) is 11.7. The number of carbonyl (C=O) groups is 1. The van der Waals surface area contributed by atoms with Crippen molar-refractivity contribution in [2.24, 2.45) is 0 Å². The van der Waals surface area contributed by atoms with Crippen molar-refractivity contribution in [2.45, 2.75) is 26.5 Å². The zero-order chi connectivity index (χ0) is 14.4. The first kappa shape index (κ1) is 14.3. The minimum absolute atomic E-state index is 0.0529. The molecule has 0 radical (unpaired) electrons. The van der Waals surface area contributed by atoms with Crippen LogP contribution in [0.4, 0.5) is 0 Å². The fourth-order valence-electron chi connectivity index (χ4n) is 1.78. The van der Waals surface area contributed by atoms with Gasteiger partial charge in [0, 0.05) is 18.9 Å². The molecule has 20 heavy (non-hydrogen) atoms. The van der Waals surface area contributed by atoms with E-state index in [9.17, 15) is 4.79 Å². The molecule has 0 atom stereocenters. The van der Waals surface area contributed by atoms with Crippen LogP contribution in [-0.4, -0.2) is 28.4 Å². The second-order valence-corrected chi connectivity index (χ2v) is 4.72. The van der Waals surface area contributed by atoms with Gasteiger partial charge in [0.25, 0.3) is 0 Å². The van der Waals surface area contributed by atoms with Gasteiger partial charge in [0.15, 0.2) is 0 Å². The van der Waals surface area contributed by atoms with Gasteiger partial charge >= 0.3 is 0 Å². The Bertz CT molecular complexity index is 550. The van der Waals surface area contributed by atoms with Crippen LogP contribution >= 0.6 is 0 Å². The average molecular weight is 273 g/mol. The highest BCUT2D eigenvalue weighted by molar-refractivity contribution is 5.77. The third-order valence-electron chi connectivity index (χ3n) is 2.77. The van der Waals surface area contributed by atoms with E-state index in [0.29, 0.717) is 6.54 Å². The zero-order valence-corrected chi connectivity index (χ0v) is 11.7. The van der Waals surface area contributed by atoms with Crippen LogP contribution in [0.2, 0.25) is 0 Å². The molecule has 0 aliphatic rings. The number of amides is 1. The highest BCUT2D eigenvalue weighted by Gasteiger charge is 2.07. The van der Waals surface area contributed by atoms with E-state index < -0.39 is 0 Å². The van der Waals surface area contributed by atoms with Crippen LogP contribution < -0.4 is 5.32 Å². The van der Waals surface area contributed by atoms with Crippen LogP contribution in [0.15, 0.2) is 42.7 Å². The molecule has 2 aromatic rings. The van der Waals surface area contributed by atoms with Crippen molar-refractivity contribution >= 4 is 5.91 Å². The molecule has 2 rings (SSSR count). The van der Waals surface area contributed by atoms with E-state index in [0.717, 1.165) is 11.3 Å². The first-order valence-electron chi connectivity index (χ1n) is 6.63. The van der Waals surface area contributed by atoms with Gasteiger partial charge in [-0.3, -0.25) is 4.79 Å². The minimum atomic E-state index is -0.117. The number of aromatic nitrogens is 2. The van der Waals surface area contributed by atoms with Gasteiger partial charge in [-0.2, -0.15) is 5.10 Å². The van der Waals surface area contributed by atoms with E-state index in [2.05, 4.69) is 10.4 Å². The topological polar surface area (TPSA) is 56.1 Å². The molecule has 106 valence electrons. The fourth-order valence-corrected chi connectivity index (χ4v) is 1.78. The predicted molar refractivity (Wildman–Crippen MR) is 76.5 cm³/mol. The van der Waals surface area contributed by atoms with Gasteiger partial charge in [0.2, 0.25) is 5.91 Å². The van der Waals surface area contributed by atoms with Crippen molar-refractivity contribution < 1.29 is 9.53 Å². The third kappa shape index (κ3) is 3.93. The normalized spacial score (nSPS) is 10.8. The highest BCUT2D eigenvalue weighted by atomic mass is 16.5. The lowest BCUT2D eigenvalue weighted by Crippen LogP contribution is -2.28. The number of para-hydroxylation sites is 1. The quantitative estimate of drug-likeness (QED) is 0.874. The molecule has 0 spiro atoms. The maximum absolute atomic E-state index is 11.7. The summed E-state index contributed by atoms with van der Waals surface area (Å²) in [6.07, 6.45) is 3.66. The van der Waals surface area contributed by atoms with E-state index in [1.165, 1.54) is 0 Å². The van der Waals surface area contributed by atoms with Gasteiger partial charge in [0.1, 0.15) is 6.61 Å². The fraction of sp³-hybridized carbons (Fsp3) is 0.333. The van der Waals surface area contributed by atoms with Crippen molar-refractivity contribution in [3.8, 4) is 5.69 Å². The van der Waals surface area contributed by atoms with Gasteiger partial charge in [-0.05, 0) is 31.5 Å². The van der Waals surface area contributed by atoms with Crippen molar-refractivity contribution in [3.05, 3.63) is 48.3 Å². The largest absolute Gasteiger partial charge is 0.369 e. The maximum Gasteiger partial charge on any atom is 0.246 e. The molecule has 0 aliphatic carbocycles. The molecule has 1 aromatic heterocycles. The first-order chi connectivity index (χ1) is 9.66. The molecule has 1 aromatic carbocycles. The Morgan fingerprint density at radius 3 is 2.85 bits per heavy atom. The molecule has 0 fully saturated rings. The molecule has 0 bridgehead atoms. The van der Waals surface area contributed by atoms with Crippen LogP contribution in [0, 0.1) is 0 Å². The Labute approximate surface area is 118 Å². The Morgan fingerprint density at radius 1 is 1.35 bits per heavy atom. The molecule has 1 N–H and O–H groups in total. The van der Waals surface area contributed by atoms with Gasteiger partial charge in [-0.15, -0.1) is 0 Å². The number of benzene rings is 1. The van der Waals surface area contributed by atoms with Crippen LogP contribution in [0.3, 0.4) is 0 Å². The summed E-state index contributed by atoms with van der Waals surface area (Å²) in [4.78, 5) is 11.7. The molecular formula is C15H19N3O2. The summed E-state index contributed by atoms with van der Waals surface area (Å²) < 4.78 is 7.05. The van der Waals surface area contributed by atoms with Crippen LogP contribution in [-0.2, 0) is 16.1 Å². The van der Waals surface area contributed by atoms with Gasteiger partial charge in [-0.1, -0.05) is 18.2 Å². The van der Waals surface area contributed by atoms with Crippen molar-refractivity contribution in [1.82, 2.24) is 15.1 Å². The monoisotopic (exact) mass is 273 g/mol. The predicted octanol–water partition coefficient (Wildman–Crippen LogP) is 1.91. The molecule has 0 saturated heterocycles. The van der Waals surface area contributed by atoms with Crippen molar-refractivity contribution in [2.75, 3.05) is 6.61 Å². The van der Waals surface area contributed by atoms with Crippen molar-refractivity contribution in [1.29, 1.82) is 0 Å². The SMILES string of the molecule is CC(C)OCC(=O)NCc1ccccc1-n1cccn1. The third-order valence-corrected chi connectivity index (χ3v) is 2.77. The second kappa shape index (κ2) is 6.86. The molecule has 5 nitrogen and oxygen atoms in total. The Kier molecular flexibility index (Phi) is 4.90. The summed E-state index contributed by atoms with van der Waals surface area (Å²) in [5, 5.41) is 7.06. The second-order valence-electron chi connectivity index (χ2n) is 4.72. The smallest absolute Gasteiger partial charge is 0.246 e. The van der Waals surface area contributed by atoms with Crippen LogP contribution in [0.1, 0.15) is 19.4 Å². The number of nitrogens with zero attached hydrogens (tertiary/aromatic N) is 2. The number of hydrogen-bond acceptors (Lipinski definition) is 3. The number of rotatable bonds is 6. The van der Waals surface area contributed by atoms with E-state index in [1.807, 2.05) is 50.4 Å². The minimum Gasteiger partial charge on any atom is -0.369 e.